The standard InChI is InChI=1S/C15H20ClN3O/c16-15-17-8-7-13(19-15)18-14(20)12-6-5-10-3-1-2-4-11(10)9-12/h7-8,10-12H,1-6,9H2,(H,17,18,19,20). The molecule has 3 unspecified atom stereocenters. The van der Waals surface area contributed by atoms with Crippen LogP contribution in [0, 0.1) is 17.8 Å². The predicted molar refractivity (Wildman–Crippen MR) is 78.5 cm³/mol. The van der Waals surface area contributed by atoms with Crippen molar-refractivity contribution in [3.8, 4) is 0 Å². The number of hydrogen-bond acceptors (Lipinski definition) is 3. The lowest BCUT2D eigenvalue weighted by molar-refractivity contribution is -0.122. The van der Waals surface area contributed by atoms with Gasteiger partial charge in [0.1, 0.15) is 5.82 Å². The molecular weight excluding hydrogens is 274 g/mol. The van der Waals surface area contributed by atoms with Crippen LogP contribution in [-0.2, 0) is 4.79 Å². The maximum absolute atomic E-state index is 12.3. The van der Waals surface area contributed by atoms with E-state index in [0.717, 1.165) is 24.7 Å². The Balaban J connectivity index is 1.60. The molecule has 0 aliphatic heterocycles. The van der Waals surface area contributed by atoms with Crippen LogP contribution in [-0.4, -0.2) is 15.9 Å². The minimum atomic E-state index is 0.0868. The van der Waals surface area contributed by atoms with E-state index in [4.69, 9.17) is 11.6 Å². The Bertz CT molecular complexity index is 494. The zero-order chi connectivity index (χ0) is 13.9. The monoisotopic (exact) mass is 293 g/mol. The van der Waals surface area contributed by atoms with Crippen molar-refractivity contribution in [2.75, 3.05) is 5.32 Å². The van der Waals surface area contributed by atoms with Gasteiger partial charge >= 0.3 is 0 Å². The number of carbonyl (C=O) groups is 1. The molecule has 20 heavy (non-hydrogen) atoms. The van der Waals surface area contributed by atoms with E-state index in [1.54, 1.807) is 12.3 Å². The van der Waals surface area contributed by atoms with Gasteiger partial charge in [-0.05, 0) is 48.8 Å². The summed E-state index contributed by atoms with van der Waals surface area (Å²) in [5.41, 5.74) is 0. The van der Waals surface area contributed by atoms with Gasteiger partial charge in [0, 0.05) is 12.1 Å². The maximum Gasteiger partial charge on any atom is 0.228 e. The van der Waals surface area contributed by atoms with Crippen LogP contribution in [0.5, 0.6) is 0 Å². The van der Waals surface area contributed by atoms with E-state index >= 15 is 0 Å². The molecule has 4 nitrogen and oxygen atoms in total. The van der Waals surface area contributed by atoms with Crippen LogP contribution in [0.25, 0.3) is 0 Å². The van der Waals surface area contributed by atoms with Crippen LogP contribution < -0.4 is 5.32 Å². The van der Waals surface area contributed by atoms with Gasteiger partial charge in [-0.3, -0.25) is 4.79 Å². The average Bonchev–Trinajstić information content (AvgIpc) is 2.47. The molecule has 2 aliphatic rings. The second-order valence-corrected chi connectivity index (χ2v) is 6.35. The first-order valence-corrected chi connectivity index (χ1v) is 7.89. The molecule has 3 rings (SSSR count). The van der Waals surface area contributed by atoms with Crippen molar-refractivity contribution in [1.29, 1.82) is 0 Å². The van der Waals surface area contributed by atoms with E-state index in [1.165, 1.54) is 32.1 Å². The van der Waals surface area contributed by atoms with E-state index in [0.29, 0.717) is 5.82 Å². The van der Waals surface area contributed by atoms with Gasteiger partial charge in [0.2, 0.25) is 11.2 Å². The molecule has 108 valence electrons. The van der Waals surface area contributed by atoms with Gasteiger partial charge in [-0.25, -0.2) is 9.97 Å². The molecule has 3 atom stereocenters. The summed E-state index contributed by atoms with van der Waals surface area (Å²) in [6.45, 7) is 0. The summed E-state index contributed by atoms with van der Waals surface area (Å²) >= 11 is 5.73. The summed E-state index contributed by atoms with van der Waals surface area (Å²) in [6, 6.07) is 1.68. The smallest absolute Gasteiger partial charge is 0.228 e. The van der Waals surface area contributed by atoms with Crippen LogP contribution >= 0.6 is 11.6 Å². The zero-order valence-electron chi connectivity index (χ0n) is 11.5. The molecule has 2 fully saturated rings. The molecule has 1 N–H and O–H groups in total. The number of carbonyl (C=O) groups excluding carboxylic acids is 1. The third-order valence-electron chi connectivity index (χ3n) is 4.79. The SMILES string of the molecule is O=C(Nc1ccnc(Cl)n1)C1CCC2CCCCC2C1. The molecule has 0 saturated heterocycles. The summed E-state index contributed by atoms with van der Waals surface area (Å²) < 4.78 is 0. The molecule has 1 amide bonds. The second-order valence-electron chi connectivity index (χ2n) is 6.01. The number of nitrogens with zero attached hydrogens (tertiary/aromatic N) is 2. The number of amides is 1. The molecule has 0 radical (unpaired) electrons. The number of fused-ring (bicyclic) bond motifs is 1. The number of nitrogens with one attached hydrogen (secondary N) is 1. The van der Waals surface area contributed by atoms with Gasteiger partial charge in [-0.1, -0.05) is 25.7 Å². The minimum Gasteiger partial charge on any atom is -0.310 e. The first kappa shape index (κ1) is 13.8. The molecule has 2 saturated carbocycles. The Morgan fingerprint density at radius 3 is 2.80 bits per heavy atom. The summed E-state index contributed by atoms with van der Waals surface area (Å²) in [7, 11) is 0. The molecule has 2 aliphatic carbocycles. The average molecular weight is 294 g/mol. The highest BCUT2D eigenvalue weighted by atomic mass is 35.5. The fourth-order valence-corrected chi connectivity index (χ4v) is 3.89. The molecule has 1 aromatic heterocycles. The summed E-state index contributed by atoms with van der Waals surface area (Å²) in [5.74, 6) is 2.33. The van der Waals surface area contributed by atoms with Crippen LogP contribution in [0.4, 0.5) is 5.82 Å². The van der Waals surface area contributed by atoms with Crippen molar-refractivity contribution in [3.63, 3.8) is 0 Å². The van der Waals surface area contributed by atoms with E-state index in [2.05, 4.69) is 15.3 Å². The third kappa shape index (κ3) is 3.11. The van der Waals surface area contributed by atoms with Crippen LogP contribution in [0.1, 0.15) is 44.9 Å². The first-order chi connectivity index (χ1) is 9.72. The normalized spacial score (nSPS) is 29.6. The van der Waals surface area contributed by atoms with Crippen molar-refractivity contribution < 1.29 is 4.79 Å². The van der Waals surface area contributed by atoms with Gasteiger partial charge in [0.15, 0.2) is 0 Å². The number of aromatic nitrogens is 2. The van der Waals surface area contributed by atoms with Gasteiger partial charge in [-0.15, -0.1) is 0 Å². The summed E-state index contributed by atoms with van der Waals surface area (Å²) in [5, 5.41) is 3.04. The zero-order valence-corrected chi connectivity index (χ0v) is 12.3. The highest BCUT2D eigenvalue weighted by molar-refractivity contribution is 6.28. The molecular formula is C15H20ClN3O. The highest BCUT2D eigenvalue weighted by Crippen LogP contribution is 2.42. The third-order valence-corrected chi connectivity index (χ3v) is 4.97. The van der Waals surface area contributed by atoms with Gasteiger partial charge < -0.3 is 5.32 Å². The number of anilines is 1. The quantitative estimate of drug-likeness (QED) is 0.846. The Labute approximate surface area is 124 Å². The van der Waals surface area contributed by atoms with Crippen LogP contribution in [0.3, 0.4) is 0 Å². The van der Waals surface area contributed by atoms with E-state index in [-0.39, 0.29) is 17.1 Å². The summed E-state index contributed by atoms with van der Waals surface area (Å²) in [4.78, 5) is 20.2. The molecule has 0 aromatic carbocycles. The van der Waals surface area contributed by atoms with Crippen molar-refractivity contribution in [2.45, 2.75) is 44.9 Å². The second kappa shape index (κ2) is 6.08. The lowest BCUT2D eigenvalue weighted by Crippen LogP contribution is -2.34. The Morgan fingerprint density at radius 2 is 2.00 bits per heavy atom. The molecule has 0 spiro atoms. The lowest BCUT2D eigenvalue weighted by atomic mass is 9.67. The van der Waals surface area contributed by atoms with Crippen molar-refractivity contribution in [2.24, 2.45) is 17.8 Å². The Hall–Kier alpha value is -1.16. The van der Waals surface area contributed by atoms with E-state index in [1.807, 2.05) is 0 Å². The van der Waals surface area contributed by atoms with Gasteiger partial charge in [0.25, 0.3) is 0 Å². The van der Waals surface area contributed by atoms with E-state index in [9.17, 15) is 4.79 Å². The van der Waals surface area contributed by atoms with Crippen molar-refractivity contribution in [1.82, 2.24) is 9.97 Å². The molecule has 5 heteroatoms. The van der Waals surface area contributed by atoms with Gasteiger partial charge in [0.05, 0.1) is 0 Å². The van der Waals surface area contributed by atoms with Crippen LogP contribution in [0.2, 0.25) is 5.28 Å². The molecule has 0 bridgehead atoms. The predicted octanol–water partition coefficient (Wildman–Crippen LogP) is 3.68. The van der Waals surface area contributed by atoms with E-state index < -0.39 is 0 Å². The number of hydrogen-bond donors (Lipinski definition) is 1. The first-order valence-electron chi connectivity index (χ1n) is 7.52. The van der Waals surface area contributed by atoms with Crippen molar-refractivity contribution >= 4 is 23.3 Å². The Morgan fingerprint density at radius 1 is 1.20 bits per heavy atom. The number of rotatable bonds is 2. The fourth-order valence-electron chi connectivity index (χ4n) is 3.74. The lowest BCUT2D eigenvalue weighted by Gasteiger charge is -2.38. The summed E-state index contributed by atoms with van der Waals surface area (Å²) in [6.07, 6.45) is 10.2. The Kier molecular flexibility index (Phi) is 4.20. The van der Waals surface area contributed by atoms with Crippen LogP contribution in [0.15, 0.2) is 12.3 Å². The fraction of sp³-hybridized carbons (Fsp3) is 0.667. The molecule has 1 aromatic rings. The van der Waals surface area contributed by atoms with Gasteiger partial charge in [-0.2, -0.15) is 0 Å². The molecule has 1 heterocycles. The minimum absolute atomic E-state index is 0.0868. The largest absolute Gasteiger partial charge is 0.310 e. The topological polar surface area (TPSA) is 54.9 Å². The maximum atomic E-state index is 12.3. The number of halogens is 1. The van der Waals surface area contributed by atoms with Crippen molar-refractivity contribution in [3.05, 3.63) is 17.5 Å². The highest BCUT2D eigenvalue weighted by Gasteiger charge is 2.35.